The lowest BCUT2D eigenvalue weighted by atomic mass is 10.3. The minimum absolute atomic E-state index is 0. The maximum atomic E-state index is 11.5. The van der Waals surface area contributed by atoms with Gasteiger partial charge in [-0.15, -0.1) is 37.2 Å². The lowest BCUT2D eigenvalue weighted by Crippen LogP contribution is -1.95. The number of allylic oxidation sites excluding steroid dienone is 1. The zero-order chi connectivity index (χ0) is 11.3. The minimum Gasteiger partial charge on any atom is -0.369 e. The standard InChI is InChI=1S/C9H9N2O2PS.3ClH/c10-6-1-7-15(12,13)9-4-2-8(11-14)3-5-9;;;/h1-5,7,11H,14H2;3*1H/b7-1+;;;. The summed E-state index contributed by atoms with van der Waals surface area (Å²) in [6.45, 7) is 0. The van der Waals surface area contributed by atoms with Crippen molar-refractivity contribution in [3.05, 3.63) is 35.7 Å². The molecule has 18 heavy (non-hydrogen) atoms. The van der Waals surface area contributed by atoms with Gasteiger partial charge in [0.25, 0.3) is 0 Å². The lowest BCUT2D eigenvalue weighted by Gasteiger charge is -2.01. The molecule has 0 aliphatic carbocycles. The van der Waals surface area contributed by atoms with Gasteiger partial charge in [-0.25, -0.2) is 8.42 Å². The molecule has 4 nitrogen and oxygen atoms in total. The summed E-state index contributed by atoms with van der Waals surface area (Å²) in [5.74, 6) is 0. The van der Waals surface area contributed by atoms with Gasteiger partial charge in [-0.3, -0.25) is 0 Å². The van der Waals surface area contributed by atoms with Crippen molar-refractivity contribution in [3.8, 4) is 6.07 Å². The zero-order valence-electron chi connectivity index (χ0n) is 8.94. The smallest absolute Gasteiger partial charge is 0.200 e. The fourth-order valence-electron chi connectivity index (χ4n) is 0.939. The normalized spacial score (nSPS) is 9.33. The first kappa shape index (κ1) is 22.7. The van der Waals surface area contributed by atoms with Crippen molar-refractivity contribution in [2.75, 3.05) is 5.09 Å². The Morgan fingerprint density at radius 2 is 1.67 bits per heavy atom. The monoisotopic (exact) mass is 348 g/mol. The summed E-state index contributed by atoms with van der Waals surface area (Å²) in [5.41, 5.74) is 0.795. The molecule has 1 rings (SSSR count). The second kappa shape index (κ2) is 10.4. The molecular weight excluding hydrogens is 338 g/mol. The van der Waals surface area contributed by atoms with Crippen molar-refractivity contribution in [1.29, 1.82) is 5.26 Å². The number of halogens is 3. The van der Waals surface area contributed by atoms with Gasteiger partial charge in [0.1, 0.15) is 0 Å². The van der Waals surface area contributed by atoms with Crippen LogP contribution in [0.5, 0.6) is 0 Å². The maximum Gasteiger partial charge on any atom is 0.200 e. The van der Waals surface area contributed by atoms with Crippen molar-refractivity contribution < 1.29 is 8.42 Å². The SMILES string of the molecule is Cl.Cl.Cl.N#C/C=C/S(=O)(=O)c1ccc(NP)cc1. The topological polar surface area (TPSA) is 70.0 Å². The van der Waals surface area contributed by atoms with E-state index in [1.807, 2.05) is 0 Å². The Balaban J connectivity index is -0.000000750. The van der Waals surface area contributed by atoms with Crippen LogP contribution >= 0.6 is 46.6 Å². The number of nitrogens with one attached hydrogen (secondary N) is 1. The van der Waals surface area contributed by atoms with Crippen LogP contribution in [-0.2, 0) is 9.84 Å². The lowest BCUT2D eigenvalue weighted by molar-refractivity contribution is 0.604. The van der Waals surface area contributed by atoms with Gasteiger partial charge in [0.05, 0.1) is 11.0 Å². The average molecular weight is 350 g/mol. The van der Waals surface area contributed by atoms with Crippen LogP contribution in [0.15, 0.2) is 40.6 Å². The number of hydrogen-bond acceptors (Lipinski definition) is 4. The van der Waals surface area contributed by atoms with Gasteiger partial charge in [-0.1, -0.05) is 0 Å². The molecule has 1 aromatic rings. The number of anilines is 1. The van der Waals surface area contributed by atoms with Crippen LogP contribution in [0.4, 0.5) is 5.69 Å². The highest BCUT2D eigenvalue weighted by atomic mass is 35.5. The molecule has 0 saturated carbocycles. The molecule has 1 aromatic carbocycles. The highest BCUT2D eigenvalue weighted by molar-refractivity contribution is 7.94. The van der Waals surface area contributed by atoms with Crippen LogP contribution < -0.4 is 5.09 Å². The van der Waals surface area contributed by atoms with E-state index in [1.165, 1.54) is 12.1 Å². The largest absolute Gasteiger partial charge is 0.369 e. The third-order valence-corrected chi connectivity index (χ3v) is 3.43. The van der Waals surface area contributed by atoms with Crippen molar-refractivity contribution in [2.24, 2.45) is 0 Å². The van der Waals surface area contributed by atoms with E-state index < -0.39 is 9.84 Å². The van der Waals surface area contributed by atoms with E-state index in [4.69, 9.17) is 5.26 Å². The molecule has 0 saturated heterocycles. The van der Waals surface area contributed by atoms with Gasteiger partial charge in [0.15, 0.2) is 0 Å². The third-order valence-electron chi connectivity index (χ3n) is 1.67. The molecule has 1 N–H and O–H groups in total. The molecule has 1 atom stereocenters. The molecule has 0 bridgehead atoms. The quantitative estimate of drug-likeness (QED) is 0.673. The number of sulfone groups is 1. The van der Waals surface area contributed by atoms with Crippen molar-refractivity contribution in [3.63, 3.8) is 0 Å². The Bertz CT molecular complexity index is 512. The highest BCUT2D eigenvalue weighted by Crippen LogP contribution is 2.16. The molecular formula is C9H12Cl3N2O2PS. The molecule has 1 unspecified atom stereocenters. The molecule has 0 spiro atoms. The van der Waals surface area contributed by atoms with Gasteiger partial charge in [0, 0.05) is 17.2 Å². The van der Waals surface area contributed by atoms with E-state index in [1.54, 1.807) is 18.2 Å². The number of benzene rings is 1. The molecule has 0 fully saturated rings. The predicted octanol–water partition coefficient (Wildman–Crippen LogP) is 2.96. The van der Waals surface area contributed by atoms with E-state index in [2.05, 4.69) is 14.5 Å². The summed E-state index contributed by atoms with van der Waals surface area (Å²) in [6, 6.07) is 7.87. The minimum atomic E-state index is -3.49. The van der Waals surface area contributed by atoms with Crippen LogP contribution in [-0.4, -0.2) is 8.42 Å². The van der Waals surface area contributed by atoms with Gasteiger partial charge >= 0.3 is 0 Å². The van der Waals surface area contributed by atoms with E-state index in [0.717, 1.165) is 17.2 Å². The first-order chi connectivity index (χ1) is 7.10. The van der Waals surface area contributed by atoms with Crippen LogP contribution in [0.25, 0.3) is 0 Å². The van der Waals surface area contributed by atoms with Crippen LogP contribution in [0.3, 0.4) is 0 Å². The average Bonchev–Trinajstić information content (AvgIpc) is 2.26. The summed E-state index contributed by atoms with van der Waals surface area (Å²) in [6.07, 6.45) is 0.942. The Morgan fingerprint density at radius 3 is 2.06 bits per heavy atom. The van der Waals surface area contributed by atoms with E-state index in [-0.39, 0.29) is 42.1 Å². The molecule has 0 aliphatic heterocycles. The Morgan fingerprint density at radius 1 is 1.17 bits per heavy atom. The fourth-order valence-corrected chi connectivity index (χ4v) is 2.04. The molecule has 0 radical (unpaired) electrons. The Labute approximate surface area is 127 Å². The van der Waals surface area contributed by atoms with E-state index >= 15 is 0 Å². The summed E-state index contributed by atoms with van der Waals surface area (Å²) >= 11 is 0. The highest BCUT2D eigenvalue weighted by Gasteiger charge is 2.09. The summed E-state index contributed by atoms with van der Waals surface area (Å²) in [5, 5.41) is 11.9. The summed E-state index contributed by atoms with van der Waals surface area (Å²) in [7, 11) is -1.17. The number of nitriles is 1. The summed E-state index contributed by atoms with van der Waals surface area (Å²) < 4.78 is 23.1. The molecule has 0 heterocycles. The molecule has 0 aromatic heterocycles. The molecule has 102 valence electrons. The second-order valence-corrected chi connectivity index (χ2v) is 4.77. The van der Waals surface area contributed by atoms with E-state index in [9.17, 15) is 8.42 Å². The van der Waals surface area contributed by atoms with Gasteiger partial charge in [-0.2, -0.15) is 5.26 Å². The molecule has 0 aliphatic rings. The fraction of sp³-hybridized carbons (Fsp3) is 0. The van der Waals surface area contributed by atoms with Crippen molar-refractivity contribution >= 4 is 62.1 Å². The van der Waals surface area contributed by atoms with Crippen LogP contribution in [0.1, 0.15) is 0 Å². The Hall–Kier alpha value is -0.500. The third kappa shape index (κ3) is 6.44. The van der Waals surface area contributed by atoms with Gasteiger partial charge in [0.2, 0.25) is 9.84 Å². The first-order valence-corrected chi connectivity index (χ1v) is 6.10. The number of hydrogen-bond donors (Lipinski definition) is 1. The van der Waals surface area contributed by atoms with Crippen LogP contribution in [0.2, 0.25) is 0 Å². The zero-order valence-corrected chi connectivity index (χ0v) is 13.4. The first-order valence-electron chi connectivity index (χ1n) is 3.98. The number of rotatable bonds is 3. The number of nitrogens with zero attached hydrogens (tertiary/aromatic N) is 1. The molecule has 9 heteroatoms. The maximum absolute atomic E-state index is 11.5. The van der Waals surface area contributed by atoms with Gasteiger partial charge < -0.3 is 5.09 Å². The Kier molecular flexibility index (Phi) is 13.1. The summed E-state index contributed by atoms with van der Waals surface area (Å²) in [4.78, 5) is 0.165. The van der Waals surface area contributed by atoms with Crippen LogP contribution in [0, 0.1) is 11.3 Å². The van der Waals surface area contributed by atoms with Crippen molar-refractivity contribution in [2.45, 2.75) is 4.90 Å². The second-order valence-electron chi connectivity index (χ2n) is 2.65. The van der Waals surface area contributed by atoms with E-state index in [0.29, 0.717) is 0 Å². The molecule has 0 amide bonds. The van der Waals surface area contributed by atoms with Crippen molar-refractivity contribution in [1.82, 2.24) is 0 Å². The predicted molar refractivity (Wildman–Crippen MR) is 83.5 cm³/mol. The van der Waals surface area contributed by atoms with Gasteiger partial charge in [-0.05, 0) is 33.7 Å².